The first-order chi connectivity index (χ1) is 12.2. The van der Waals surface area contributed by atoms with Crippen LogP contribution in [0.3, 0.4) is 0 Å². The van der Waals surface area contributed by atoms with Crippen LogP contribution < -0.4 is 4.57 Å². The maximum atomic E-state index is 2.73. The van der Waals surface area contributed by atoms with Crippen molar-refractivity contribution in [2.45, 2.75) is 88.1 Å². The van der Waals surface area contributed by atoms with Gasteiger partial charge in [0.05, 0.1) is 0 Å². The largest absolute Gasteiger partial charge is 0.244 e. The fraction of sp³-hybridized carbons (Fsp3) is 0.870. The van der Waals surface area contributed by atoms with Crippen molar-refractivity contribution in [3.63, 3.8) is 0 Å². The summed E-state index contributed by atoms with van der Waals surface area (Å²) in [6.45, 7) is 0. The molecule has 8 fully saturated rings. The summed E-state index contributed by atoms with van der Waals surface area (Å²) in [7, 11) is 0. The first-order valence-corrected chi connectivity index (χ1v) is 11.3. The van der Waals surface area contributed by atoms with Crippen LogP contribution in [0.15, 0.2) is 18.7 Å². The lowest BCUT2D eigenvalue weighted by Crippen LogP contribution is -2.64. The highest BCUT2D eigenvalue weighted by molar-refractivity contribution is 5.06. The molecule has 0 aliphatic heterocycles. The molecule has 0 unspecified atom stereocenters. The molecule has 0 saturated heterocycles. The van der Waals surface area contributed by atoms with Crippen molar-refractivity contribution in [1.29, 1.82) is 0 Å². The van der Waals surface area contributed by atoms with Crippen LogP contribution in [0.5, 0.6) is 0 Å². The van der Waals surface area contributed by atoms with Crippen LogP contribution in [0.1, 0.15) is 77.0 Å². The van der Waals surface area contributed by atoms with Crippen LogP contribution in [0.25, 0.3) is 0 Å². The Hall–Kier alpha value is -0.790. The summed E-state index contributed by atoms with van der Waals surface area (Å²) in [4.78, 5) is 0. The van der Waals surface area contributed by atoms with Gasteiger partial charge in [0, 0.05) is 0 Å². The molecule has 0 N–H and O–H groups in total. The quantitative estimate of drug-likeness (QED) is 0.696. The van der Waals surface area contributed by atoms with E-state index < -0.39 is 0 Å². The molecule has 8 aliphatic carbocycles. The van der Waals surface area contributed by atoms with Crippen molar-refractivity contribution >= 4 is 0 Å². The average molecular weight is 338 g/mol. The van der Waals surface area contributed by atoms with Crippen molar-refractivity contribution in [3.05, 3.63) is 18.7 Å². The zero-order chi connectivity index (χ0) is 16.2. The second-order valence-electron chi connectivity index (χ2n) is 11.5. The molecule has 0 atom stereocenters. The van der Waals surface area contributed by atoms with Gasteiger partial charge in [-0.2, -0.15) is 0 Å². The summed E-state index contributed by atoms with van der Waals surface area (Å²) < 4.78 is 5.46. The van der Waals surface area contributed by atoms with E-state index in [1.165, 1.54) is 38.5 Å². The minimum absolute atomic E-state index is 0.502. The van der Waals surface area contributed by atoms with Gasteiger partial charge in [-0.1, -0.05) is 0 Å². The molecular formula is C23H33N2+. The molecule has 25 heavy (non-hydrogen) atoms. The van der Waals surface area contributed by atoms with Crippen molar-refractivity contribution in [1.82, 2.24) is 4.57 Å². The van der Waals surface area contributed by atoms with Gasteiger partial charge in [-0.15, -0.1) is 0 Å². The van der Waals surface area contributed by atoms with Crippen molar-refractivity contribution < 1.29 is 4.57 Å². The lowest BCUT2D eigenvalue weighted by atomic mass is 9.53. The molecule has 1 aromatic rings. The first kappa shape index (κ1) is 14.3. The summed E-state index contributed by atoms with van der Waals surface area (Å²) in [6, 6.07) is 0. The molecule has 0 amide bonds. The summed E-state index contributed by atoms with van der Waals surface area (Å²) in [5, 5.41) is 0. The van der Waals surface area contributed by atoms with Crippen LogP contribution in [-0.2, 0) is 11.1 Å². The van der Waals surface area contributed by atoms with Crippen LogP contribution in [0.2, 0.25) is 0 Å². The maximum Gasteiger partial charge on any atom is 0.244 e. The van der Waals surface area contributed by atoms with E-state index in [2.05, 4.69) is 27.9 Å². The number of hydrogen-bond acceptors (Lipinski definition) is 0. The summed E-state index contributed by atoms with van der Waals surface area (Å²) >= 11 is 0. The van der Waals surface area contributed by atoms with Crippen LogP contribution >= 0.6 is 0 Å². The van der Waals surface area contributed by atoms with Gasteiger partial charge in [0.2, 0.25) is 6.33 Å². The Kier molecular flexibility index (Phi) is 2.60. The Labute approximate surface area is 152 Å². The molecule has 0 aromatic carbocycles. The van der Waals surface area contributed by atoms with Gasteiger partial charge in [-0.05, 0) is 113 Å². The second-order valence-corrected chi connectivity index (χ2v) is 11.5. The lowest BCUT2D eigenvalue weighted by Gasteiger charge is -2.55. The molecule has 2 heteroatoms. The van der Waals surface area contributed by atoms with E-state index in [9.17, 15) is 0 Å². The van der Waals surface area contributed by atoms with Crippen molar-refractivity contribution in [3.8, 4) is 0 Å². The fourth-order valence-electron chi connectivity index (χ4n) is 9.68. The van der Waals surface area contributed by atoms with E-state index in [4.69, 9.17) is 0 Å². The van der Waals surface area contributed by atoms with Crippen molar-refractivity contribution in [2.75, 3.05) is 0 Å². The molecule has 134 valence electrons. The highest BCUT2D eigenvalue weighted by Crippen LogP contribution is 2.59. The van der Waals surface area contributed by atoms with Gasteiger partial charge in [-0.3, -0.25) is 0 Å². The fourth-order valence-corrected chi connectivity index (χ4v) is 9.68. The normalized spacial score (nSPS) is 55.2. The SMILES string of the molecule is c1c[n+](C23CC4CC(CC(C4)C2)C3)cn1C12CC3CC(CC(C3)C1)C2. The van der Waals surface area contributed by atoms with Crippen LogP contribution in [0, 0.1) is 35.5 Å². The molecule has 2 nitrogen and oxygen atoms in total. The third kappa shape index (κ3) is 1.90. The zero-order valence-corrected chi connectivity index (χ0v) is 15.6. The Balaban J connectivity index is 1.25. The highest BCUT2D eigenvalue weighted by Gasteiger charge is 2.57. The highest BCUT2D eigenvalue weighted by atomic mass is 15.2. The predicted molar refractivity (Wildman–Crippen MR) is 96.9 cm³/mol. The van der Waals surface area contributed by atoms with Crippen LogP contribution in [-0.4, -0.2) is 4.57 Å². The van der Waals surface area contributed by atoms with Gasteiger partial charge in [0.15, 0.2) is 0 Å². The minimum Gasteiger partial charge on any atom is -0.231 e. The molecule has 8 aliphatic rings. The Morgan fingerprint density at radius 2 is 1.08 bits per heavy atom. The van der Waals surface area contributed by atoms with Gasteiger partial charge in [-0.25, -0.2) is 9.13 Å². The van der Waals surface area contributed by atoms with Gasteiger partial charge in [0.1, 0.15) is 23.5 Å². The smallest absolute Gasteiger partial charge is 0.231 e. The van der Waals surface area contributed by atoms with Gasteiger partial charge < -0.3 is 0 Å². The predicted octanol–water partition coefficient (Wildman–Crippen LogP) is 4.63. The number of nitrogens with zero attached hydrogens (tertiary/aromatic N) is 2. The third-order valence-electron chi connectivity index (χ3n) is 9.74. The van der Waals surface area contributed by atoms with E-state index in [1.807, 2.05) is 0 Å². The number of aromatic nitrogens is 2. The Bertz CT molecular complexity index is 584. The first-order valence-electron chi connectivity index (χ1n) is 11.3. The topological polar surface area (TPSA) is 8.81 Å². The summed E-state index contributed by atoms with van der Waals surface area (Å²) in [6.07, 6.45) is 25.8. The van der Waals surface area contributed by atoms with E-state index in [0.29, 0.717) is 11.1 Å². The molecule has 0 radical (unpaired) electrons. The second kappa shape index (κ2) is 4.54. The monoisotopic (exact) mass is 337 g/mol. The molecule has 8 saturated carbocycles. The standard InChI is InChI=1S/C23H33N2/c1-2-25(23-12-19-6-20(13-23)8-21(7-19)14-23)15-24(1)22-9-16-3-17(10-22)5-18(4-16)11-22/h1-2,15-21H,3-14H2/q+1. The van der Waals surface area contributed by atoms with E-state index in [0.717, 1.165) is 35.5 Å². The van der Waals surface area contributed by atoms with Crippen molar-refractivity contribution in [2.24, 2.45) is 35.5 Å². The van der Waals surface area contributed by atoms with Gasteiger partial charge in [0.25, 0.3) is 0 Å². The van der Waals surface area contributed by atoms with E-state index >= 15 is 0 Å². The number of hydrogen-bond donors (Lipinski definition) is 0. The molecule has 9 rings (SSSR count). The average Bonchev–Trinajstić information content (AvgIpc) is 3.04. The molecule has 1 heterocycles. The third-order valence-corrected chi connectivity index (χ3v) is 9.74. The van der Waals surface area contributed by atoms with Crippen LogP contribution in [0.4, 0.5) is 0 Å². The maximum absolute atomic E-state index is 2.73. The number of imidazole rings is 1. The molecule has 1 aromatic heterocycles. The van der Waals surface area contributed by atoms with Gasteiger partial charge >= 0.3 is 0 Å². The Morgan fingerprint density at radius 3 is 1.56 bits per heavy atom. The zero-order valence-electron chi connectivity index (χ0n) is 15.6. The summed E-state index contributed by atoms with van der Waals surface area (Å²) in [5.74, 6) is 6.26. The molecular weight excluding hydrogens is 304 g/mol. The minimum atomic E-state index is 0.502. The Morgan fingerprint density at radius 1 is 0.640 bits per heavy atom. The summed E-state index contributed by atoms with van der Waals surface area (Å²) in [5.41, 5.74) is 1.00. The van der Waals surface area contributed by atoms with E-state index in [-0.39, 0.29) is 0 Å². The molecule has 0 spiro atoms. The number of rotatable bonds is 2. The van der Waals surface area contributed by atoms with E-state index in [1.54, 1.807) is 38.5 Å². The molecule has 8 bridgehead atoms. The lowest BCUT2D eigenvalue weighted by molar-refractivity contribution is -0.776.